The van der Waals surface area contributed by atoms with Crippen LogP contribution in [0.15, 0.2) is 70.3 Å². The SMILES string of the molecule is COc1cc(NC(=O)C(=O)NC(C)(C)Cc2ccc(NC(=O)c3conc3C)cc2)ccc1-c1cnco1. The average molecular weight is 518 g/mol. The number of oxazole rings is 1. The van der Waals surface area contributed by atoms with Gasteiger partial charge in [0.2, 0.25) is 0 Å². The van der Waals surface area contributed by atoms with E-state index in [-0.39, 0.29) is 5.91 Å². The molecule has 0 spiro atoms. The van der Waals surface area contributed by atoms with Crippen molar-refractivity contribution in [3.05, 3.63) is 78.1 Å². The van der Waals surface area contributed by atoms with Gasteiger partial charge in [-0.1, -0.05) is 17.3 Å². The number of amides is 3. The number of carbonyl (C=O) groups is 3. The van der Waals surface area contributed by atoms with Gasteiger partial charge in [0.25, 0.3) is 5.91 Å². The minimum Gasteiger partial charge on any atom is -0.496 e. The lowest BCUT2D eigenvalue weighted by atomic mass is 9.94. The normalized spacial score (nSPS) is 11.1. The van der Waals surface area contributed by atoms with Crippen LogP contribution >= 0.6 is 0 Å². The summed E-state index contributed by atoms with van der Waals surface area (Å²) in [5.41, 5.74) is 2.69. The van der Waals surface area contributed by atoms with Crippen LogP contribution in [0.2, 0.25) is 0 Å². The lowest BCUT2D eigenvalue weighted by Crippen LogP contribution is -2.49. The third kappa shape index (κ3) is 6.25. The lowest BCUT2D eigenvalue weighted by molar-refractivity contribution is -0.137. The summed E-state index contributed by atoms with van der Waals surface area (Å²) >= 11 is 0. The largest absolute Gasteiger partial charge is 0.496 e. The molecule has 0 radical (unpaired) electrons. The van der Waals surface area contributed by atoms with Crippen LogP contribution in [0.1, 0.15) is 35.5 Å². The second-order valence-electron chi connectivity index (χ2n) is 9.21. The molecule has 0 aliphatic carbocycles. The van der Waals surface area contributed by atoms with E-state index in [0.29, 0.717) is 46.1 Å². The molecule has 196 valence electrons. The molecule has 0 aliphatic rings. The molecule has 2 heterocycles. The summed E-state index contributed by atoms with van der Waals surface area (Å²) in [4.78, 5) is 41.4. The third-order valence-corrected chi connectivity index (χ3v) is 5.67. The van der Waals surface area contributed by atoms with Gasteiger partial charge in [-0.25, -0.2) is 4.98 Å². The van der Waals surface area contributed by atoms with Gasteiger partial charge in [0.05, 0.1) is 24.6 Å². The highest BCUT2D eigenvalue weighted by Crippen LogP contribution is 2.32. The number of rotatable bonds is 8. The monoisotopic (exact) mass is 517 g/mol. The predicted octanol–water partition coefficient (Wildman–Crippen LogP) is 3.97. The molecule has 11 nitrogen and oxygen atoms in total. The number of carbonyl (C=O) groups excluding carboxylic acids is 3. The summed E-state index contributed by atoms with van der Waals surface area (Å²) in [6, 6.07) is 12.1. The number of hydrogen-bond acceptors (Lipinski definition) is 8. The first-order valence-electron chi connectivity index (χ1n) is 11.7. The molecule has 4 rings (SSSR count). The van der Waals surface area contributed by atoms with Gasteiger partial charge in [-0.3, -0.25) is 14.4 Å². The van der Waals surface area contributed by atoms with E-state index >= 15 is 0 Å². The van der Waals surface area contributed by atoms with Crippen molar-refractivity contribution >= 4 is 29.1 Å². The Balaban J connectivity index is 1.33. The van der Waals surface area contributed by atoms with Crippen LogP contribution < -0.4 is 20.7 Å². The van der Waals surface area contributed by atoms with E-state index < -0.39 is 17.4 Å². The van der Waals surface area contributed by atoms with Crippen molar-refractivity contribution in [2.75, 3.05) is 17.7 Å². The summed E-state index contributed by atoms with van der Waals surface area (Å²) in [6.45, 7) is 5.32. The highest BCUT2D eigenvalue weighted by molar-refractivity contribution is 6.39. The molecule has 0 saturated carbocycles. The molecule has 0 atom stereocenters. The number of aromatic nitrogens is 2. The molecule has 38 heavy (non-hydrogen) atoms. The molecule has 11 heteroatoms. The number of anilines is 2. The molecular formula is C27H27N5O6. The molecule has 4 aromatic rings. The van der Waals surface area contributed by atoms with Crippen molar-refractivity contribution in [1.29, 1.82) is 0 Å². The van der Waals surface area contributed by atoms with Crippen LogP contribution in [0, 0.1) is 6.92 Å². The fourth-order valence-corrected chi connectivity index (χ4v) is 3.84. The van der Waals surface area contributed by atoms with Gasteiger partial charge in [0.1, 0.15) is 17.6 Å². The van der Waals surface area contributed by atoms with Crippen molar-refractivity contribution in [2.24, 2.45) is 0 Å². The van der Waals surface area contributed by atoms with Crippen LogP contribution in [0.3, 0.4) is 0 Å². The van der Waals surface area contributed by atoms with Crippen molar-refractivity contribution in [2.45, 2.75) is 32.7 Å². The minimum absolute atomic E-state index is 0.319. The molecule has 0 saturated heterocycles. The fourth-order valence-electron chi connectivity index (χ4n) is 3.84. The van der Waals surface area contributed by atoms with Gasteiger partial charge in [0, 0.05) is 23.0 Å². The van der Waals surface area contributed by atoms with Gasteiger partial charge < -0.3 is 29.6 Å². The van der Waals surface area contributed by atoms with Gasteiger partial charge >= 0.3 is 11.8 Å². The van der Waals surface area contributed by atoms with E-state index in [1.165, 1.54) is 19.8 Å². The van der Waals surface area contributed by atoms with E-state index in [1.807, 2.05) is 26.0 Å². The van der Waals surface area contributed by atoms with Crippen LogP contribution in [0.5, 0.6) is 5.75 Å². The first-order chi connectivity index (χ1) is 18.1. The van der Waals surface area contributed by atoms with Crippen LogP contribution in [-0.4, -0.2) is 40.5 Å². The first-order valence-corrected chi connectivity index (χ1v) is 11.7. The maximum atomic E-state index is 12.6. The van der Waals surface area contributed by atoms with E-state index in [4.69, 9.17) is 13.7 Å². The number of ether oxygens (including phenoxy) is 1. The number of hydrogen-bond donors (Lipinski definition) is 3. The van der Waals surface area contributed by atoms with Crippen molar-refractivity contribution in [1.82, 2.24) is 15.5 Å². The second kappa shape index (κ2) is 11.0. The maximum absolute atomic E-state index is 12.6. The fraction of sp³-hybridized carbons (Fsp3) is 0.222. The number of nitrogens with one attached hydrogen (secondary N) is 3. The zero-order valence-electron chi connectivity index (χ0n) is 21.3. The first kappa shape index (κ1) is 26.1. The molecule has 0 aliphatic heterocycles. The number of nitrogens with zero attached hydrogens (tertiary/aromatic N) is 2. The molecule has 3 N–H and O–H groups in total. The Kier molecular flexibility index (Phi) is 7.56. The molecule has 2 aromatic carbocycles. The van der Waals surface area contributed by atoms with E-state index in [9.17, 15) is 14.4 Å². The zero-order chi connectivity index (χ0) is 27.3. The van der Waals surface area contributed by atoms with Gasteiger partial charge in [0.15, 0.2) is 12.2 Å². The standard InChI is InChI=1S/C27H27N5O6/c1-16-21(14-38-32-16)24(33)29-18-7-5-17(6-8-18)12-27(2,3)31-26(35)25(34)30-19-9-10-20(22(11-19)36-4)23-13-28-15-37-23/h5-11,13-15H,12H2,1-4H3,(H,29,33)(H,30,34)(H,31,35). The summed E-state index contributed by atoms with van der Waals surface area (Å²) in [6.07, 6.45) is 4.61. The molecular weight excluding hydrogens is 490 g/mol. The number of methoxy groups -OCH3 is 1. The number of aryl methyl sites for hydroxylation is 1. The predicted molar refractivity (Wildman–Crippen MR) is 139 cm³/mol. The Morgan fingerprint density at radius 3 is 2.37 bits per heavy atom. The van der Waals surface area contributed by atoms with Crippen LogP contribution in [-0.2, 0) is 16.0 Å². The van der Waals surface area contributed by atoms with Gasteiger partial charge in [-0.05, 0) is 57.0 Å². The summed E-state index contributed by atoms with van der Waals surface area (Å²) < 4.78 is 15.5. The van der Waals surface area contributed by atoms with Crippen molar-refractivity contribution < 1.29 is 28.1 Å². The third-order valence-electron chi connectivity index (χ3n) is 5.67. The van der Waals surface area contributed by atoms with Crippen molar-refractivity contribution in [3.8, 4) is 17.1 Å². The maximum Gasteiger partial charge on any atom is 0.313 e. The second-order valence-corrected chi connectivity index (χ2v) is 9.21. The quantitative estimate of drug-likeness (QED) is 0.297. The van der Waals surface area contributed by atoms with Crippen molar-refractivity contribution in [3.63, 3.8) is 0 Å². The Bertz CT molecular complexity index is 1440. The van der Waals surface area contributed by atoms with E-state index in [0.717, 1.165) is 5.56 Å². The molecule has 0 unspecified atom stereocenters. The Hall–Kier alpha value is -4.93. The summed E-state index contributed by atoms with van der Waals surface area (Å²) in [5.74, 6) is -0.937. The molecule has 0 fully saturated rings. The van der Waals surface area contributed by atoms with E-state index in [1.54, 1.807) is 43.5 Å². The Labute approximate surface area is 218 Å². The lowest BCUT2D eigenvalue weighted by Gasteiger charge is -2.26. The Morgan fingerprint density at radius 2 is 1.74 bits per heavy atom. The topological polar surface area (TPSA) is 149 Å². The van der Waals surface area contributed by atoms with Crippen LogP contribution in [0.25, 0.3) is 11.3 Å². The van der Waals surface area contributed by atoms with Gasteiger partial charge in [-0.15, -0.1) is 0 Å². The van der Waals surface area contributed by atoms with E-state index in [2.05, 4.69) is 26.1 Å². The molecule has 3 amide bonds. The highest BCUT2D eigenvalue weighted by Gasteiger charge is 2.25. The molecule has 2 aromatic heterocycles. The highest BCUT2D eigenvalue weighted by atomic mass is 16.5. The molecule has 0 bridgehead atoms. The van der Waals surface area contributed by atoms with Gasteiger partial charge in [-0.2, -0.15) is 0 Å². The Morgan fingerprint density at radius 1 is 1.00 bits per heavy atom. The number of benzene rings is 2. The average Bonchev–Trinajstić information content (AvgIpc) is 3.56. The smallest absolute Gasteiger partial charge is 0.313 e. The van der Waals surface area contributed by atoms with Crippen LogP contribution in [0.4, 0.5) is 11.4 Å². The zero-order valence-corrected chi connectivity index (χ0v) is 21.3. The summed E-state index contributed by atoms with van der Waals surface area (Å²) in [5, 5.41) is 11.8. The minimum atomic E-state index is -0.811. The summed E-state index contributed by atoms with van der Waals surface area (Å²) in [7, 11) is 1.49.